The molecule has 1 aliphatic heterocycles. The van der Waals surface area contributed by atoms with E-state index in [0.29, 0.717) is 5.58 Å². The second-order valence-electron chi connectivity index (χ2n) is 6.21. The molecule has 2 unspecified atom stereocenters. The Morgan fingerprint density at radius 1 is 1.33 bits per heavy atom. The first-order valence-electron chi connectivity index (χ1n) is 7.74. The highest BCUT2D eigenvalue weighted by atomic mass is 19.1. The van der Waals surface area contributed by atoms with E-state index < -0.39 is 0 Å². The van der Waals surface area contributed by atoms with Gasteiger partial charge in [0.05, 0.1) is 6.04 Å². The summed E-state index contributed by atoms with van der Waals surface area (Å²) >= 11 is 0. The third-order valence-corrected chi connectivity index (χ3v) is 5.02. The SMILES string of the molecule is CCC(C)(C(N)c1cc2cc(F)ccc2o1)N1CCCC1. The van der Waals surface area contributed by atoms with Crippen LogP contribution in [0.25, 0.3) is 11.0 Å². The minimum absolute atomic E-state index is 0.122. The van der Waals surface area contributed by atoms with Gasteiger partial charge < -0.3 is 10.2 Å². The first-order chi connectivity index (χ1) is 10.0. The second kappa shape index (κ2) is 5.43. The number of furan rings is 1. The quantitative estimate of drug-likeness (QED) is 0.930. The molecule has 1 saturated heterocycles. The van der Waals surface area contributed by atoms with Crippen LogP contribution in [-0.4, -0.2) is 23.5 Å². The molecular formula is C17H23FN2O. The summed E-state index contributed by atoms with van der Waals surface area (Å²) in [6.07, 6.45) is 3.42. The van der Waals surface area contributed by atoms with Crippen molar-refractivity contribution in [3.63, 3.8) is 0 Å². The molecule has 1 fully saturated rings. The summed E-state index contributed by atoms with van der Waals surface area (Å²) in [5.41, 5.74) is 7.11. The van der Waals surface area contributed by atoms with Crippen LogP contribution in [0.1, 0.15) is 44.9 Å². The average molecular weight is 290 g/mol. The minimum atomic E-state index is -0.249. The van der Waals surface area contributed by atoms with Crippen molar-refractivity contribution in [3.8, 4) is 0 Å². The van der Waals surface area contributed by atoms with E-state index in [4.69, 9.17) is 10.2 Å². The number of benzene rings is 1. The Labute approximate surface area is 124 Å². The van der Waals surface area contributed by atoms with E-state index in [2.05, 4.69) is 18.7 Å². The Morgan fingerprint density at radius 2 is 2.05 bits per heavy atom. The van der Waals surface area contributed by atoms with E-state index >= 15 is 0 Å². The van der Waals surface area contributed by atoms with Gasteiger partial charge in [-0.05, 0) is 63.5 Å². The van der Waals surface area contributed by atoms with Crippen molar-refractivity contribution < 1.29 is 8.81 Å². The van der Waals surface area contributed by atoms with Gasteiger partial charge in [0.1, 0.15) is 17.2 Å². The zero-order chi connectivity index (χ0) is 15.0. The van der Waals surface area contributed by atoms with E-state index in [1.54, 1.807) is 6.07 Å². The lowest BCUT2D eigenvalue weighted by Gasteiger charge is -2.42. The molecule has 0 saturated carbocycles. The molecule has 0 amide bonds. The molecule has 3 rings (SSSR count). The normalized spacial score (nSPS) is 20.8. The summed E-state index contributed by atoms with van der Waals surface area (Å²) in [4.78, 5) is 2.46. The van der Waals surface area contributed by atoms with Crippen molar-refractivity contribution in [2.75, 3.05) is 13.1 Å². The highest BCUT2D eigenvalue weighted by Gasteiger charge is 2.39. The molecule has 0 bridgehead atoms. The zero-order valence-electron chi connectivity index (χ0n) is 12.7. The smallest absolute Gasteiger partial charge is 0.134 e. The van der Waals surface area contributed by atoms with Crippen LogP contribution in [0.3, 0.4) is 0 Å². The molecular weight excluding hydrogens is 267 g/mol. The topological polar surface area (TPSA) is 42.4 Å². The van der Waals surface area contributed by atoms with Gasteiger partial charge >= 0.3 is 0 Å². The fraction of sp³-hybridized carbons (Fsp3) is 0.529. The molecule has 2 heterocycles. The molecule has 114 valence electrons. The number of nitrogens with zero attached hydrogens (tertiary/aromatic N) is 1. The van der Waals surface area contributed by atoms with Crippen LogP contribution in [0.2, 0.25) is 0 Å². The first kappa shape index (κ1) is 14.5. The van der Waals surface area contributed by atoms with E-state index in [-0.39, 0.29) is 17.4 Å². The van der Waals surface area contributed by atoms with Crippen molar-refractivity contribution in [3.05, 3.63) is 35.8 Å². The van der Waals surface area contributed by atoms with Gasteiger partial charge in [-0.1, -0.05) is 6.92 Å². The van der Waals surface area contributed by atoms with Crippen LogP contribution < -0.4 is 5.73 Å². The van der Waals surface area contributed by atoms with Crippen LogP contribution in [0.5, 0.6) is 0 Å². The fourth-order valence-electron chi connectivity index (χ4n) is 3.36. The number of rotatable bonds is 4. The molecule has 2 N–H and O–H groups in total. The number of hydrogen-bond donors (Lipinski definition) is 1. The van der Waals surface area contributed by atoms with Gasteiger partial charge in [0.2, 0.25) is 0 Å². The van der Waals surface area contributed by atoms with E-state index in [9.17, 15) is 4.39 Å². The van der Waals surface area contributed by atoms with E-state index in [1.165, 1.54) is 25.0 Å². The van der Waals surface area contributed by atoms with E-state index in [0.717, 1.165) is 30.7 Å². The van der Waals surface area contributed by atoms with Crippen LogP contribution in [0.4, 0.5) is 4.39 Å². The molecule has 2 atom stereocenters. The van der Waals surface area contributed by atoms with Gasteiger partial charge in [0.15, 0.2) is 0 Å². The van der Waals surface area contributed by atoms with Gasteiger partial charge in [-0.15, -0.1) is 0 Å². The van der Waals surface area contributed by atoms with Gasteiger partial charge in [-0.25, -0.2) is 4.39 Å². The van der Waals surface area contributed by atoms with Crippen molar-refractivity contribution in [2.45, 2.75) is 44.7 Å². The molecule has 0 aliphatic carbocycles. The van der Waals surface area contributed by atoms with Crippen LogP contribution in [-0.2, 0) is 0 Å². The second-order valence-corrected chi connectivity index (χ2v) is 6.21. The predicted molar refractivity (Wildman–Crippen MR) is 82.6 cm³/mol. The summed E-state index contributed by atoms with van der Waals surface area (Å²) in [5, 5.41) is 0.778. The molecule has 0 spiro atoms. The number of halogens is 1. The van der Waals surface area contributed by atoms with Gasteiger partial charge in [-0.3, -0.25) is 4.90 Å². The third-order valence-electron chi connectivity index (χ3n) is 5.02. The highest BCUT2D eigenvalue weighted by molar-refractivity contribution is 5.78. The van der Waals surface area contributed by atoms with Gasteiger partial charge in [-0.2, -0.15) is 0 Å². The van der Waals surface area contributed by atoms with Crippen LogP contribution in [0, 0.1) is 5.82 Å². The lowest BCUT2D eigenvalue weighted by Crippen LogP contribution is -2.51. The van der Waals surface area contributed by atoms with Crippen LogP contribution in [0.15, 0.2) is 28.7 Å². The lowest BCUT2D eigenvalue weighted by molar-refractivity contribution is 0.0920. The van der Waals surface area contributed by atoms with Crippen molar-refractivity contribution >= 4 is 11.0 Å². The molecule has 1 aromatic heterocycles. The maximum Gasteiger partial charge on any atom is 0.134 e. The number of nitrogens with two attached hydrogens (primary N) is 1. The molecule has 1 aromatic carbocycles. The predicted octanol–water partition coefficient (Wildman–Crippen LogP) is 3.84. The number of fused-ring (bicyclic) bond motifs is 1. The summed E-state index contributed by atoms with van der Waals surface area (Å²) in [6.45, 7) is 6.55. The molecule has 0 radical (unpaired) electrons. The Kier molecular flexibility index (Phi) is 3.76. The maximum absolute atomic E-state index is 13.3. The largest absolute Gasteiger partial charge is 0.459 e. The summed E-state index contributed by atoms with van der Waals surface area (Å²) in [7, 11) is 0. The Morgan fingerprint density at radius 3 is 2.71 bits per heavy atom. The monoisotopic (exact) mass is 290 g/mol. The molecule has 4 heteroatoms. The third kappa shape index (κ3) is 2.47. The van der Waals surface area contributed by atoms with Gasteiger partial charge in [0, 0.05) is 10.9 Å². The van der Waals surface area contributed by atoms with Gasteiger partial charge in [0.25, 0.3) is 0 Å². The first-order valence-corrected chi connectivity index (χ1v) is 7.74. The molecule has 21 heavy (non-hydrogen) atoms. The Bertz CT molecular complexity index is 633. The van der Waals surface area contributed by atoms with Crippen molar-refractivity contribution in [1.82, 2.24) is 4.90 Å². The lowest BCUT2D eigenvalue weighted by atomic mass is 9.86. The fourth-order valence-corrected chi connectivity index (χ4v) is 3.36. The molecule has 1 aliphatic rings. The van der Waals surface area contributed by atoms with Crippen LogP contribution >= 0.6 is 0 Å². The minimum Gasteiger partial charge on any atom is -0.459 e. The standard InChI is InChI=1S/C17H23FN2O/c1-3-17(2,20-8-4-5-9-20)16(19)15-11-12-10-13(18)6-7-14(12)21-15/h6-7,10-11,16H,3-5,8-9,19H2,1-2H3. The summed E-state index contributed by atoms with van der Waals surface area (Å²) in [6, 6.07) is 6.25. The summed E-state index contributed by atoms with van der Waals surface area (Å²) < 4.78 is 19.2. The Hall–Kier alpha value is -1.39. The molecule has 2 aromatic rings. The number of hydrogen-bond acceptors (Lipinski definition) is 3. The number of likely N-dealkylation sites (tertiary alicyclic amines) is 1. The van der Waals surface area contributed by atoms with Crippen molar-refractivity contribution in [2.24, 2.45) is 5.73 Å². The Balaban J connectivity index is 1.95. The maximum atomic E-state index is 13.3. The molecule has 3 nitrogen and oxygen atoms in total. The highest BCUT2D eigenvalue weighted by Crippen LogP contribution is 2.36. The van der Waals surface area contributed by atoms with Crippen molar-refractivity contribution in [1.29, 1.82) is 0 Å². The zero-order valence-corrected chi connectivity index (χ0v) is 12.7. The summed E-state index contributed by atoms with van der Waals surface area (Å²) in [5.74, 6) is 0.494. The van der Waals surface area contributed by atoms with E-state index in [1.807, 2.05) is 6.07 Å². The average Bonchev–Trinajstić information content (AvgIpc) is 3.14.